The Balaban J connectivity index is 1.83. The number of halogens is 1. The van der Waals surface area contributed by atoms with Gasteiger partial charge >= 0.3 is 0 Å². The SMILES string of the molecule is CCC(C)(C)NC(=O)CSc1nnc(N2CCCC2)n1-c1cccc(Cl)c1. The molecule has 0 saturated carbocycles. The zero-order valence-electron chi connectivity index (χ0n) is 16.0. The number of benzene rings is 1. The smallest absolute Gasteiger partial charge is 0.232 e. The van der Waals surface area contributed by atoms with Gasteiger partial charge in [-0.05, 0) is 51.3 Å². The molecule has 2 heterocycles. The summed E-state index contributed by atoms with van der Waals surface area (Å²) in [4.78, 5) is 14.6. The summed E-state index contributed by atoms with van der Waals surface area (Å²) in [6.07, 6.45) is 3.18. The van der Waals surface area contributed by atoms with Crippen molar-refractivity contribution in [3.8, 4) is 5.69 Å². The molecule has 0 spiro atoms. The fourth-order valence-corrected chi connectivity index (χ4v) is 3.88. The molecule has 27 heavy (non-hydrogen) atoms. The maximum atomic E-state index is 12.3. The third-order valence-electron chi connectivity index (χ3n) is 4.77. The Bertz CT molecular complexity index is 801. The van der Waals surface area contributed by atoms with Crippen LogP contribution in [0.1, 0.15) is 40.0 Å². The molecule has 1 aromatic carbocycles. The fourth-order valence-electron chi connectivity index (χ4n) is 2.95. The van der Waals surface area contributed by atoms with Gasteiger partial charge in [0.2, 0.25) is 11.9 Å². The van der Waals surface area contributed by atoms with Crippen LogP contribution in [0.3, 0.4) is 0 Å². The van der Waals surface area contributed by atoms with E-state index < -0.39 is 0 Å². The van der Waals surface area contributed by atoms with Gasteiger partial charge in [-0.25, -0.2) is 0 Å². The Morgan fingerprint density at radius 2 is 2.04 bits per heavy atom. The highest BCUT2D eigenvalue weighted by molar-refractivity contribution is 7.99. The van der Waals surface area contributed by atoms with Crippen LogP contribution in [0.5, 0.6) is 0 Å². The Morgan fingerprint density at radius 1 is 1.30 bits per heavy atom. The fraction of sp³-hybridized carbons (Fsp3) is 0.526. The summed E-state index contributed by atoms with van der Waals surface area (Å²) in [5.41, 5.74) is 0.699. The second-order valence-electron chi connectivity index (χ2n) is 7.37. The topological polar surface area (TPSA) is 63.1 Å². The van der Waals surface area contributed by atoms with Crippen LogP contribution in [0.15, 0.2) is 29.4 Å². The van der Waals surface area contributed by atoms with Crippen molar-refractivity contribution in [2.45, 2.75) is 50.7 Å². The van der Waals surface area contributed by atoms with Crippen LogP contribution in [0.2, 0.25) is 5.02 Å². The summed E-state index contributed by atoms with van der Waals surface area (Å²) in [5, 5.41) is 13.2. The van der Waals surface area contributed by atoms with Crippen molar-refractivity contribution < 1.29 is 4.79 Å². The van der Waals surface area contributed by atoms with Crippen LogP contribution >= 0.6 is 23.4 Å². The van der Waals surface area contributed by atoms with Crippen molar-refractivity contribution in [2.24, 2.45) is 0 Å². The summed E-state index contributed by atoms with van der Waals surface area (Å²) in [6, 6.07) is 7.64. The van der Waals surface area contributed by atoms with Crippen LogP contribution in [-0.4, -0.2) is 45.1 Å². The van der Waals surface area contributed by atoms with Crippen molar-refractivity contribution in [3.63, 3.8) is 0 Å². The number of carbonyl (C=O) groups is 1. The average molecular weight is 408 g/mol. The van der Waals surface area contributed by atoms with Gasteiger partial charge in [0.15, 0.2) is 5.16 Å². The third kappa shape index (κ3) is 4.96. The van der Waals surface area contributed by atoms with Gasteiger partial charge in [-0.1, -0.05) is 36.4 Å². The molecule has 1 amide bonds. The standard InChI is InChI=1S/C19H26ClN5OS/c1-4-19(2,3)21-16(26)13-27-18-23-22-17(24-10-5-6-11-24)25(18)15-9-7-8-14(20)12-15/h7-9,12H,4-6,10-11,13H2,1-3H3,(H,21,26). The van der Waals surface area contributed by atoms with Crippen LogP contribution in [0.25, 0.3) is 5.69 Å². The zero-order valence-corrected chi connectivity index (χ0v) is 17.6. The largest absolute Gasteiger partial charge is 0.351 e. The number of hydrogen-bond acceptors (Lipinski definition) is 5. The summed E-state index contributed by atoms with van der Waals surface area (Å²) in [5.74, 6) is 1.10. The maximum absolute atomic E-state index is 12.3. The highest BCUT2D eigenvalue weighted by atomic mass is 35.5. The van der Waals surface area contributed by atoms with E-state index >= 15 is 0 Å². The molecule has 1 aliphatic rings. The van der Waals surface area contributed by atoms with Crippen LogP contribution in [-0.2, 0) is 4.79 Å². The second-order valence-corrected chi connectivity index (χ2v) is 8.75. The van der Waals surface area contributed by atoms with Gasteiger partial charge in [0.1, 0.15) is 0 Å². The summed E-state index contributed by atoms with van der Waals surface area (Å²) >= 11 is 7.60. The lowest BCUT2D eigenvalue weighted by Gasteiger charge is -2.24. The molecule has 3 rings (SSSR count). The Morgan fingerprint density at radius 3 is 2.70 bits per heavy atom. The normalized spacial score (nSPS) is 14.6. The van der Waals surface area contributed by atoms with Crippen LogP contribution in [0, 0.1) is 0 Å². The van der Waals surface area contributed by atoms with Crippen molar-refractivity contribution in [3.05, 3.63) is 29.3 Å². The molecule has 0 aliphatic carbocycles. The average Bonchev–Trinajstić information content (AvgIpc) is 3.29. The van der Waals surface area contributed by atoms with Gasteiger partial charge in [-0.2, -0.15) is 0 Å². The zero-order chi connectivity index (χ0) is 19.4. The van der Waals surface area contributed by atoms with E-state index in [9.17, 15) is 4.79 Å². The molecular weight excluding hydrogens is 382 g/mol. The predicted molar refractivity (Wildman–Crippen MR) is 111 cm³/mol. The van der Waals surface area contributed by atoms with Crippen molar-refractivity contribution in [2.75, 3.05) is 23.7 Å². The van der Waals surface area contributed by atoms with Gasteiger partial charge in [-0.3, -0.25) is 9.36 Å². The predicted octanol–water partition coefficient (Wildman–Crippen LogP) is 3.92. The first-order valence-electron chi connectivity index (χ1n) is 9.30. The molecule has 0 radical (unpaired) electrons. The van der Waals surface area contributed by atoms with Crippen molar-refractivity contribution >= 4 is 35.2 Å². The number of amides is 1. The summed E-state index contributed by atoms with van der Waals surface area (Å²) < 4.78 is 2.00. The van der Waals surface area contributed by atoms with Crippen LogP contribution in [0.4, 0.5) is 5.95 Å². The lowest BCUT2D eigenvalue weighted by molar-refractivity contribution is -0.120. The molecule has 6 nitrogen and oxygen atoms in total. The van der Waals surface area contributed by atoms with Crippen molar-refractivity contribution in [1.82, 2.24) is 20.1 Å². The van der Waals surface area contributed by atoms with Gasteiger partial charge < -0.3 is 10.2 Å². The van der Waals surface area contributed by atoms with Gasteiger partial charge in [0, 0.05) is 23.7 Å². The monoisotopic (exact) mass is 407 g/mol. The molecule has 1 aliphatic heterocycles. The Hall–Kier alpha value is -1.73. The molecule has 2 aromatic rings. The molecule has 1 aromatic heterocycles. The number of carbonyl (C=O) groups excluding carboxylic acids is 1. The van der Waals surface area contributed by atoms with Gasteiger partial charge in [-0.15, -0.1) is 10.2 Å². The van der Waals surface area contributed by atoms with Crippen LogP contribution < -0.4 is 10.2 Å². The second kappa shape index (κ2) is 8.52. The van der Waals surface area contributed by atoms with E-state index in [1.54, 1.807) is 0 Å². The molecule has 0 atom stereocenters. The minimum atomic E-state index is -0.209. The van der Waals surface area contributed by atoms with E-state index in [4.69, 9.17) is 11.6 Å². The lowest BCUT2D eigenvalue weighted by Crippen LogP contribution is -2.43. The number of thioether (sulfide) groups is 1. The molecule has 8 heteroatoms. The molecule has 1 N–H and O–H groups in total. The summed E-state index contributed by atoms with van der Waals surface area (Å²) in [6.45, 7) is 8.04. The maximum Gasteiger partial charge on any atom is 0.232 e. The van der Waals surface area contributed by atoms with E-state index in [1.807, 2.05) is 42.7 Å². The van der Waals surface area contributed by atoms with Crippen molar-refractivity contribution in [1.29, 1.82) is 0 Å². The molecule has 0 unspecified atom stereocenters. The van der Waals surface area contributed by atoms with Gasteiger partial charge in [0.25, 0.3) is 0 Å². The third-order valence-corrected chi connectivity index (χ3v) is 5.93. The molecule has 1 fully saturated rings. The lowest BCUT2D eigenvalue weighted by atomic mass is 10.0. The van der Waals surface area contributed by atoms with E-state index in [0.29, 0.717) is 15.9 Å². The van der Waals surface area contributed by atoms with E-state index in [1.165, 1.54) is 11.8 Å². The first-order valence-corrected chi connectivity index (χ1v) is 10.7. The Labute approximate surface area is 169 Å². The minimum absolute atomic E-state index is 0.00443. The number of nitrogens with zero attached hydrogens (tertiary/aromatic N) is 4. The van der Waals surface area contributed by atoms with E-state index in [2.05, 4.69) is 27.3 Å². The first kappa shape index (κ1) is 20.0. The number of aromatic nitrogens is 3. The minimum Gasteiger partial charge on any atom is -0.351 e. The number of anilines is 1. The summed E-state index contributed by atoms with van der Waals surface area (Å²) in [7, 11) is 0. The molecule has 0 bridgehead atoms. The van der Waals surface area contributed by atoms with Gasteiger partial charge in [0.05, 0.1) is 11.4 Å². The van der Waals surface area contributed by atoms with E-state index in [-0.39, 0.29) is 11.4 Å². The molecular formula is C19H26ClN5OS. The highest BCUT2D eigenvalue weighted by Crippen LogP contribution is 2.29. The number of rotatable bonds is 7. The first-order chi connectivity index (χ1) is 12.9. The highest BCUT2D eigenvalue weighted by Gasteiger charge is 2.24. The molecule has 146 valence electrons. The number of nitrogens with one attached hydrogen (secondary N) is 1. The number of hydrogen-bond donors (Lipinski definition) is 1. The quantitative estimate of drug-likeness (QED) is 0.705. The molecule has 1 saturated heterocycles. The van der Waals surface area contributed by atoms with E-state index in [0.717, 1.165) is 44.0 Å². The Kier molecular flexibility index (Phi) is 6.32.